The molecule has 7 N–H and O–H groups in total. The van der Waals surface area contributed by atoms with E-state index in [1.807, 2.05) is 36.4 Å². The number of alkyl carbamates (subject to hydrolysis) is 2. The zero-order valence-corrected chi connectivity index (χ0v) is 59.7. The summed E-state index contributed by atoms with van der Waals surface area (Å²) < 4.78 is 73.0. The van der Waals surface area contributed by atoms with Crippen LogP contribution >= 0.6 is 22.6 Å². The van der Waals surface area contributed by atoms with Crippen LogP contribution in [0.15, 0.2) is 72.8 Å². The van der Waals surface area contributed by atoms with Crippen LogP contribution < -0.4 is 31.9 Å². The van der Waals surface area contributed by atoms with Gasteiger partial charge in [0.25, 0.3) is 0 Å². The molecule has 3 aromatic carbocycles. The van der Waals surface area contributed by atoms with Gasteiger partial charge >= 0.3 is 18.2 Å². The lowest BCUT2D eigenvalue weighted by Gasteiger charge is -2.20. The van der Waals surface area contributed by atoms with E-state index in [4.69, 9.17) is 61.6 Å². The highest BCUT2D eigenvalue weighted by molar-refractivity contribution is 14.1. The van der Waals surface area contributed by atoms with Gasteiger partial charge in [-0.05, 0) is 135 Å². The number of unbranched alkanes of at least 4 members (excludes halogenated alkanes) is 2. The number of hydrogen-bond donors (Lipinski definition) is 7. The third-order valence-corrected chi connectivity index (χ3v) is 15.3. The minimum Gasteiger partial charge on any atom is -0.480 e. The first-order valence-electron chi connectivity index (χ1n) is 34.1. The van der Waals surface area contributed by atoms with Gasteiger partial charge in [0.2, 0.25) is 23.6 Å². The summed E-state index contributed by atoms with van der Waals surface area (Å²) in [7, 11) is 0. The summed E-state index contributed by atoms with van der Waals surface area (Å²) in [5.74, 6) is -2.27. The number of carbonyl (C=O) groups is 7. The number of carboxylic acid groups (broad SMARTS) is 1. The van der Waals surface area contributed by atoms with Gasteiger partial charge in [-0.2, -0.15) is 0 Å². The molecular formula is C70H107IN6O21. The largest absolute Gasteiger partial charge is 0.480 e. The average molecular weight is 1500 g/mol. The highest BCUT2D eigenvalue weighted by atomic mass is 127. The predicted molar refractivity (Wildman–Crippen MR) is 373 cm³/mol. The minimum atomic E-state index is -1.11. The third kappa shape index (κ3) is 41.4. The Morgan fingerprint density at radius 2 is 0.827 bits per heavy atom. The molecule has 0 aliphatic heterocycles. The lowest BCUT2D eigenvalue weighted by atomic mass is 9.98. The number of aliphatic carboxylic acids is 1. The molecule has 1 aliphatic rings. The number of ether oxygens (including phenoxy) is 13. The predicted octanol–water partition coefficient (Wildman–Crippen LogP) is 6.27. The van der Waals surface area contributed by atoms with Crippen LogP contribution in [0, 0.1) is 3.57 Å². The lowest BCUT2D eigenvalue weighted by Crippen LogP contribution is -2.47. The molecule has 1 unspecified atom stereocenters. The number of halogens is 1. The fourth-order valence-electron chi connectivity index (χ4n) is 9.69. The molecule has 0 spiro atoms. The number of aryl methyl sites for hydroxylation is 1. The number of hydrogen-bond acceptors (Lipinski definition) is 20. The summed E-state index contributed by atoms with van der Waals surface area (Å²) in [5.41, 5.74) is 5.19. The lowest BCUT2D eigenvalue weighted by molar-refractivity contribution is -0.142. The van der Waals surface area contributed by atoms with Crippen molar-refractivity contribution in [2.24, 2.45) is 0 Å². The molecule has 1 aliphatic carbocycles. The molecule has 4 rings (SSSR count). The monoisotopic (exact) mass is 1490 g/mol. The van der Waals surface area contributed by atoms with Crippen LogP contribution in [0.25, 0.3) is 11.1 Å². The summed E-state index contributed by atoms with van der Waals surface area (Å²) in [4.78, 5) is 86.8. The van der Waals surface area contributed by atoms with Crippen LogP contribution in [0.5, 0.6) is 0 Å². The SMILES string of the molecule is CC(C)(C)OC(=O)NCCCCC(NC(=O)CCOCCOCCOCCNC(=O)OCC1c2ccccc2-c2ccccc21)C(=O)NCCOCCOCCOCCOCCOCCOCCOCCOCCC(=O)N[C@@H](CCCCNC(=O)CCCc1ccc(I)cc1)C(=O)O. The van der Waals surface area contributed by atoms with Crippen molar-refractivity contribution in [3.8, 4) is 11.1 Å². The van der Waals surface area contributed by atoms with Gasteiger partial charge < -0.3 is 98.6 Å². The van der Waals surface area contributed by atoms with Crippen molar-refractivity contribution in [3.05, 3.63) is 93.1 Å². The molecule has 28 heteroatoms. The summed E-state index contributed by atoms with van der Waals surface area (Å²) >= 11 is 2.26. The number of benzene rings is 3. The standard InChI is InChI=1S/C70H107IN6O21/c1-70(2,3)98-69(85)74-28-11-8-18-61(76-64(79)25-31-86-35-39-90-42-38-89-34-30-75-68(84)97-53-60-58-16-6-4-14-56(58)57-15-5-7-17-59(57)60)66(81)73-29-33-88-37-41-92-44-46-94-48-50-96-52-51-95-49-47-93-45-43-91-40-36-87-32-26-65(80)77-62(67(82)83)19-9-10-27-72-63(78)20-12-13-54-21-23-55(71)24-22-54/h4-7,14-17,21-24,60-62H,8-13,18-20,25-53H2,1-3H3,(H,72,78)(H,73,81)(H,74,85)(H,75,84)(H,76,79)(H,77,80)(H,82,83)/t61?,62-/m0/s1. The number of amides is 6. The van der Waals surface area contributed by atoms with Gasteiger partial charge in [-0.15, -0.1) is 0 Å². The van der Waals surface area contributed by atoms with Crippen molar-refractivity contribution >= 4 is 64.4 Å². The number of nitrogens with one attached hydrogen (secondary N) is 6. The number of rotatable bonds is 59. The Labute approximate surface area is 590 Å². The Morgan fingerprint density at radius 3 is 1.29 bits per heavy atom. The first kappa shape index (κ1) is 84.3. The molecule has 0 bridgehead atoms. The Bertz CT molecular complexity index is 2650. The van der Waals surface area contributed by atoms with Gasteiger partial charge in [0.05, 0.1) is 145 Å². The molecule has 6 amide bonds. The first-order chi connectivity index (χ1) is 47.6. The molecule has 0 saturated heterocycles. The summed E-state index contributed by atoms with van der Waals surface area (Å²) in [5, 5.41) is 26.1. The highest BCUT2D eigenvalue weighted by Gasteiger charge is 2.29. The van der Waals surface area contributed by atoms with E-state index in [-0.39, 0.29) is 109 Å². The molecular weight excluding hydrogens is 1390 g/mol. The van der Waals surface area contributed by atoms with Gasteiger partial charge in [-0.3, -0.25) is 19.2 Å². The van der Waals surface area contributed by atoms with Crippen molar-refractivity contribution in [2.75, 3.05) is 178 Å². The molecule has 0 aromatic heterocycles. The maximum Gasteiger partial charge on any atom is 0.407 e. The van der Waals surface area contributed by atoms with Crippen molar-refractivity contribution in [1.29, 1.82) is 0 Å². The summed E-state index contributed by atoms with van der Waals surface area (Å²) in [6.07, 6.45) is 3.86. The van der Waals surface area contributed by atoms with Gasteiger partial charge in [0.15, 0.2) is 0 Å². The number of fused-ring (bicyclic) bond motifs is 3. The second-order valence-corrected chi connectivity index (χ2v) is 24.9. The zero-order valence-electron chi connectivity index (χ0n) is 57.5. The fourth-order valence-corrected chi connectivity index (χ4v) is 10.0. The Morgan fingerprint density at radius 1 is 0.429 bits per heavy atom. The van der Waals surface area contributed by atoms with E-state index in [1.165, 1.54) is 9.13 Å². The summed E-state index contributed by atoms with van der Waals surface area (Å²) in [6.45, 7) is 13.8. The van der Waals surface area contributed by atoms with Crippen LogP contribution in [-0.4, -0.2) is 243 Å². The van der Waals surface area contributed by atoms with E-state index < -0.39 is 41.7 Å². The smallest absolute Gasteiger partial charge is 0.407 e. The van der Waals surface area contributed by atoms with Gasteiger partial charge in [0, 0.05) is 54.9 Å². The van der Waals surface area contributed by atoms with E-state index in [0.29, 0.717) is 151 Å². The average Bonchev–Trinajstić information content (AvgIpc) is 1.62. The molecule has 98 heavy (non-hydrogen) atoms. The van der Waals surface area contributed by atoms with Crippen molar-refractivity contribution in [2.45, 2.75) is 115 Å². The summed E-state index contributed by atoms with van der Waals surface area (Å²) in [6, 6.07) is 22.7. The van der Waals surface area contributed by atoms with Crippen molar-refractivity contribution in [3.63, 3.8) is 0 Å². The zero-order chi connectivity index (χ0) is 70.5. The quantitative estimate of drug-likeness (QED) is 0.0242. The second-order valence-electron chi connectivity index (χ2n) is 23.6. The van der Waals surface area contributed by atoms with E-state index in [9.17, 15) is 38.7 Å². The van der Waals surface area contributed by atoms with Gasteiger partial charge in [-0.25, -0.2) is 14.4 Å². The maximum atomic E-state index is 13.2. The van der Waals surface area contributed by atoms with Crippen LogP contribution in [0.1, 0.15) is 108 Å². The number of carbonyl (C=O) groups excluding carboxylic acids is 6. The van der Waals surface area contributed by atoms with Gasteiger partial charge in [0.1, 0.15) is 24.3 Å². The van der Waals surface area contributed by atoms with E-state index in [1.54, 1.807) is 20.8 Å². The minimum absolute atomic E-state index is 0.0170. The molecule has 27 nitrogen and oxygen atoms in total. The first-order valence-corrected chi connectivity index (χ1v) is 35.2. The van der Waals surface area contributed by atoms with E-state index in [0.717, 1.165) is 35.1 Å². The maximum absolute atomic E-state index is 13.2. The highest BCUT2D eigenvalue weighted by Crippen LogP contribution is 2.44. The van der Waals surface area contributed by atoms with Crippen molar-refractivity contribution in [1.82, 2.24) is 31.9 Å². The Kier molecular flexibility index (Phi) is 46.2. The number of carboxylic acids is 1. The van der Waals surface area contributed by atoms with Crippen LogP contribution in [0.2, 0.25) is 0 Å². The molecule has 0 radical (unpaired) electrons. The second kappa shape index (κ2) is 53.7. The normalized spacial score (nSPS) is 12.4. The molecule has 550 valence electrons. The van der Waals surface area contributed by atoms with Crippen molar-refractivity contribution < 1.29 is 100 Å². The van der Waals surface area contributed by atoms with Crippen LogP contribution in [-0.2, 0) is 92.0 Å². The molecule has 0 saturated carbocycles. The van der Waals surface area contributed by atoms with Gasteiger partial charge in [-0.1, -0.05) is 60.7 Å². The fraction of sp³-hybridized carbons (Fsp3) is 0.643. The van der Waals surface area contributed by atoms with E-state index >= 15 is 0 Å². The topological polar surface area (TPSA) is 332 Å². The van der Waals surface area contributed by atoms with Crippen LogP contribution in [0.3, 0.4) is 0 Å². The molecule has 2 atom stereocenters. The molecule has 3 aromatic rings. The third-order valence-electron chi connectivity index (χ3n) is 14.6. The molecule has 0 heterocycles. The molecule has 0 fully saturated rings. The van der Waals surface area contributed by atoms with E-state index in [2.05, 4.69) is 90.9 Å². The Balaban J connectivity index is 0.883. The van der Waals surface area contributed by atoms with Crippen LogP contribution in [0.4, 0.5) is 9.59 Å². The Hall–Kier alpha value is -6.16.